The molecule has 0 bridgehead atoms. The maximum absolute atomic E-state index is 11.3. The van der Waals surface area contributed by atoms with Gasteiger partial charge in [-0.15, -0.1) is 0 Å². The normalized spacial score (nSPS) is 10.1. The lowest BCUT2D eigenvalue weighted by atomic mass is 10.3. The number of hydrogen-bond acceptors (Lipinski definition) is 3. The van der Waals surface area contributed by atoms with Crippen LogP contribution in [-0.4, -0.2) is 12.8 Å². The van der Waals surface area contributed by atoms with Crippen molar-refractivity contribution in [2.45, 2.75) is 19.8 Å². The number of carbonyl (C=O) groups excluding carboxylic acids is 1. The Hall–Kier alpha value is -0.640. The summed E-state index contributed by atoms with van der Waals surface area (Å²) in [6.45, 7) is 2.29. The van der Waals surface area contributed by atoms with Gasteiger partial charge in [0.1, 0.15) is 0 Å². The van der Waals surface area contributed by atoms with Gasteiger partial charge in [0.25, 0.3) is 0 Å². The molecule has 0 N–H and O–H groups in total. The molecule has 0 spiro atoms. The molecular formula is C11H11Cl3O3. The molecule has 0 unspecified atom stereocenters. The zero-order valence-electron chi connectivity index (χ0n) is 9.13. The van der Waals surface area contributed by atoms with Crippen molar-refractivity contribution >= 4 is 41.0 Å². The minimum atomic E-state index is -0.829. The number of ether oxygens (including phenoxy) is 2. The summed E-state index contributed by atoms with van der Waals surface area (Å²) < 4.78 is 9.71. The standard InChI is InChI=1S/C11H11Cl3O3/c1-2-3-4-16-11(15)17-10-8(13)5-7(12)6-9(10)14/h5-6H,2-4H2,1H3. The molecule has 1 rings (SSSR count). The summed E-state index contributed by atoms with van der Waals surface area (Å²) in [6, 6.07) is 2.87. The lowest BCUT2D eigenvalue weighted by Gasteiger charge is -2.08. The lowest BCUT2D eigenvalue weighted by Crippen LogP contribution is -2.11. The van der Waals surface area contributed by atoms with Crippen molar-refractivity contribution in [3.8, 4) is 5.75 Å². The van der Waals surface area contributed by atoms with Crippen LogP contribution in [-0.2, 0) is 4.74 Å². The first-order valence-corrected chi connectivity index (χ1v) is 6.17. The zero-order chi connectivity index (χ0) is 12.8. The quantitative estimate of drug-likeness (QED) is 0.447. The molecule has 3 nitrogen and oxygen atoms in total. The molecule has 0 aliphatic heterocycles. The molecule has 0 atom stereocenters. The van der Waals surface area contributed by atoms with Crippen LogP contribution in [0.15, 0.2) is 12.1 Å². The fourth-order valence-corrected chi connectivity index (χ4v) is 1.93. The molecule has 0 aromatic heterocycles. The molecule has 0 heterocycles. The van der Waals surface area contributed by atoms with Gasteiger partial charge in [0.2, 0.25) is 0 Å². The minimum absolute atomic E-state index is 0.0548. The lowest BCUT2D eigenvalue weighted by molar-refractivity contribution is 0.0979. The maximum atomic E-state index is 11.3. The van der Waals surface area contributed by atoms with E-state index in [1.165, 1.54) is 12.1 Å². The summed E-state index contributed by atoms with van der Waals surface area (Å²) in [4.78, 5) is 11.3. The van der Waals surface area contributed by atoms with Crippen LogP contribution in [0.5, 0.6) is 5.75 Å². The topological polar surface area (TPSA) is 35.5 Å². The molecule has 0 fully saturated rings. The fourth-order valence-electron chi connectivity index (χ4n) is 1.04. The molecule has 94 valence electrons. The Balaban J connectivity index is 2.65. The van der Waals surface area contributed by atoms with Crippen LogP contribution in [0.4, 0.5) is 4.79 Å². The second-order valence-corrected chi connectivity index (χ2v) is 4.50. The Morgan fingerprint density at radius 2 is 1.82 bits per heavy atom. The Bertz CT molecular complexity index is 384. The first-order chi connectivity index (χ1) is 8.04. The monoisotopic (exact) mass is 296 g/mol. The number of unbranched alkanes of at least 4 members (excludes halogenated alkanes) is 1. The molecule has 1 aromatic rings. The van der Waals surface area contributed by atoms with Crippen molar-refractivity contribution in [1.29, 1.82) is 0 Å². The van der Waals surface area contributed by atoms with Crippen molar-refractivity contribution < 1.29 is 14.3 Å². The Morgan fingerprint density at radius 3 is 2.35 bits per heavy atom. The third-order valence-corrected chi connectivity index (χ3v) is 2.65. The molecule has 1 aromatic carbocycles. The van der Waals surface area contributed by atoms with E-state index in [1.807, 2.05) is 6.92 Å². The average molecular weight is 298 g/mol. The highest BCUT2D eigenvalue weighted by Crippen LogP contribution is 2.35. The van der Waals surface area contributed by atoms with E-state index in [0.717, 1.165) is 12.8 Å². The van der Waals surface area contributed by atoms with Crippen LogP contribution in [0.25, 0.3) is 0 Å². The second kappa shape index (κ2) is 6.94. The molecule has 0 radical (unpaired) electrons. The number of carbonyl (C=O) groups is 1. The average Bonchev–Trinajstić information content (AvgIpc) is 2.24. The van der Waals surface area contributed by atoms with Gasteiger partial charge >= 0.3 is 6.16 Å². The summed E-state index contributed by atoms with van der Waals surface area (Å²) in [5, 5.41) is 0.691. The van der Waals surface area contributed by atoms with E-state index in [4.69, 9.17) is 44.3 Å². The smallest absolute Gasteiger partial charge is 0.434 e. The van der Waals surface area contributed by atoms with Gasteiger partial charge < -0.3 is 9.47 Å². The molecule has 0 aliphatic rings. The summed E-state index contributed by atoms with van der Waals surface area (Å²) >= 11 is 17.4. The van der Waals surface area contributed by atoms with E-state index < -0.39 is 6.16 Å². The first-order valence-electron chi connectivity index (χ1n) is 5.03. The van der Waals surface area contributed by atoms with E-state index in [0.29, 0.717) is 11.6 Å². The van der Waals surface area contributed by atoms with E-state index in [2.05, 4.69) is 0 Å². The SMILES string of the molecule is CCCCOC(=O)Oc1c(Cl)cc(Cl)cc1Cl. The van der Waals surface area contributed by atoms with Crippen LogP contribution < -0.4 is 4.74 Å². The van der Waals surface area contributed by atoms with Crippen LogP contribution in [0.3, 0.4) is 0 Å². The number of benzene rings is 1. The largest absolute Gasteiger partial charge is 0.513 e. The van der Waals surface area contributed by atoms with Gasteiger partial charge in [-0.05, 0) is 18.6 Å². The third-order valence-electron chi connectivity index (χ3n) is 1.87. The van der Waals surface area contributed by atoms with Crippen molar-refractivity contribution in [1.82, 2.24) is 0 Å². The number of rotatable bonds is 4. The number of hydrogen-bond donors (Lipinski definition) is 0. The highest BCUT2D eigenvalue weighted by molar-refractivity contribution is 6.40. The predicted octanol–water partition coefficient (Wildman–Crippen LogP) is 4.96. The van der Waals surface area contributed by atoms with Crippen LogP contribution in [0.2, 0.25) is 15.1 Å². The second-order valence-electron chi connectivity index (χ2n) is 3.25. The third kappa shape index (κ3) is 4.62. The zero-order valence-corrected chi connectivity index (χ0v) is 11.4. The maximum Gasteiger partial charge on any atom is 0.513 e. The molecule has 17 heavy (non-hydrogen) atoms. The Morgan fingerprint density at radius 1 is 1.24 bits per heavy atom. The molecule has 6 heteroatoms. The summed E-state index contributed by atoms with van der Waals surface area (Å²) in [7, 11) is 0. The molecule has 0 saturated carbocycles. The molecule has 0 saturated heterocycles. The van der Waals surface area contributed by atoms with E-state index in [9.17, 15) is 4.79 Å². The molecule has 0 amide bonds. The van der Waals surface area contributed by atoms with Gasteiger partial charge in [-0.2, -0.15) is 0 Å². The van der Waals surface area contributed by atoms with Crippen LogP contribution >= 0.6 is 34.8 Å². The Kier molecular flexibility index (Phi) is 5.89. The summed E-state index contributed by atoms with van der Waals surface area (Å²) in [5.41, 5.74) is 0. The van der Waals surface area contributed by atoms with Crippen molar-refractivity contribution in [3.63, 3.8) is 0 Å². The predicted molar refractivity (Wildman–Crippen MR) is 68.4 cm³/mol. The van der Waals surface area contributed by atoms with E-state index in [-0.39, 0.29) is 15.8 Å². The highest BCUT2D eigenvalue weighted by atomic mass is 35.5. The number of halogens is 3. The van der Waals surface area contributed by atoms with Crippen molar-refractivity contribution in [2.24, 2.45) is 0 Å². The first kappa shape index (κ1) is 14.4. The van der Waals surface area contributed by atoms with Gasteiger partial charge in [0.15, 0.2) is 5.75 Å². The molecule has 0 aliphatic carbocycles. The summed E-state index contributed by atoms with van der Waals surface area (Å²) in [5.74, 6) is 0.0548. The highest BCUT2D eigenvalue weighted by Gasteiger charge is 2.14. The van der Waals surface area contributed by atoms with Gasteiger partial charge in [-0.3, -0.25) is 0 Å². The Labute approximate surface area is 115 Å². The van der Waals surface area contributed by atoms with Gasteiger partial charge in [-0.1, -0.05) is 48.1 Å². The van der Waals surface area contributed by atoms with Crippen LogP contribution in [0, 0.1) is 0 Å². The van der Waals surface area contributed by atoms with E-state index >= 15 is 0 Å². The van der Waals surface area contributed by atoms with E-state index in [1.54, 1.807) is 0 Å². The van der Waals surface area contributed by atoms with Gasteiger partial charge in [0, 0.05) is 5.02 Å². The summed E-state index contributed by atoms with van der Waals surface area (Å²) in [6.07, 6.45) is 0.872. The fraction of sp³-hybridized carbons (Fsp3) is 0.364. The van der Waals surface area contributed by atoms with Crippen molar-refractivity contribution in [2.75, 3.05) is 6.61 Å². The van der Waals surface area contributed by atoms with Crippen molar-refractivity contribution in [3.05, 3.63) is 27.2 Å². The molecular weight excluding hydrogens is 286 g/mol. The minimum Gasteiger partial charge on any atom is -0.434 e. The van der Waals surface area contributed by atoms with Crippen LogP contribution in [0.1, 0.15) is 19.8 Å². The van der Waals surface area contributed by atoms with Gasteiger partial charge in [0.05, 0.1) is 16.7 Å². The van der Waals surface area contributed by atoms with Gasteiger partial charge in [-0.25, -0.2) is 4.79 Å².